The molecule has 0 aliphatic carbocycles. The minimum Gasteiger partial charge on any atom is -0.493 e. The minimum atomic E-state index is -1.32. The lowest BCUT2D eigenvalue weighted by Crippen LogP contribution is -2.41. The number of likely N-dealkylation sites (tertiary alicyclic amines) is 1. The SMILES string of the molecule is C=CC(=O)N1CCC(Oc2cc3c(Nc4cc(-c5cc(C)cs5)c(F)cc4C(C)(C)O)ncnc3cc2OC)CC1. The van der Waals surface area contributed by atoms with E-state index in [4.69, 9.17) is 9.47 Å². The number of methoxy groups -OCH3 is 1. The van der Waals surface area contributed by atoms with Crippen LogP contribution >= 0.6 is 11.3 Å². The summed E-state index contributed by atoms with van der Waals surface area (Å²) in [5.41, 5.74) is 1.70. The van der Waals surface area contributed by atoms with Gasteiger partial charge < -0.3 is 24.8 Å². The van der Waals surface area contributed by atoms with Crippen molar-refractivity contribution < 1.29 is 23.8 Å². The van der Waals surface area contributed by atoms with E-state index >= 15 is 4.39 Å². The molecule has 1 aliphatic rings. The van der Waals surface area contributed by atoms with Crippen molar-refractivity contribution in [1.82, 2.24) is 14.9 Å². The monoisotopic (exact) mass is 576 g/mol. The Labute approximate surface area is 242 Å². The minimum absolute atomic E-state index is 0.0804. The predicted molar refractivity (Wildman–Crippen MR) is 159 cm³/mol. The Kier molecular flexibility index (Phi) is 7.97. The maximum absolute atomic E-state index is 15.3. The smallest absolute Gasteiger partial charge is 0.245 e. The Morgan fingerprint density at radius 1 is 1.20 bits per heavy atom. The molecular weight excluding hydrogens is 543 g/mol. The summed E-state index contributed by atoms with van der Waals surface area (Å²) >= 11 is 1.46. The first-order valence-electron chi connectivity index (χ1n) is 13.4. The molecule has 1 saturated heterocycles. The zero-order valence-electron chi connectivity index (χ0n) is 23.5. The van der Waals surface area contributed by atoms with E-state index in [0.29, 0.717) is 71.0 Å². The number of benzene rings is 2. The normalized spacial score (nSPS) is 14.2. The lowest BCUT2D eigenvalue weighted by atomic mass is 9.94. The number of aromatic nitrogens is 2. The number of nitrogens with one attached hydrogen (secondary N) is 1. The molecule has 8 nitrogen and oxygen atoms in total. The molecule has 3 heterocycles. The molecule has 10 heteroatoms. The second-order valence-corrected chi connectivity index (χ2v) is 11.6. The van der Waals surface area contributed by atoms with Gasteiger partial charge in [0.1, 0.15) is 24.1 Å². The topological polar surface area (TPSA) is 96.8 Å². The van der Waals surface area contributed by atoms with Crippen molar-refractivity contribution >= 4 is 39.7 Å². The third-order valence-electron chi connectivity index (χ3n) is 7.16. The highest BCUT2D eigenvalue weighted by atomic mass is 32.1. The molecule has 4 aromatic rings. The number of nitrogens with zero attached hydrogens (tertiary/aromatic N) is 3. The first-order valence-corrected chi connectivity index (χ1v) is 14.2. The molecule has 0 unspecified atom stereocenters. The van der Waals surface area contributed by atoms with E-state index in [1.54, 1.807) is 38.0 Å². The van der Waals surface area contributed by atoms with E-state index in [2.05, 4.69) is 21.9 Å². The number of halogens is 1. The molecule has 0 atom stereocenters. The molecule has 2 N–H and O–H groups in total. The quantitative estimate of drug-likeness (QED) is 0.236. The number of thiophene rings is 1. The van der Waals surface area contributed by atoms with Crippen LogP contribution in [0.2, 0.25) is 0 Å². The predicted octanol–water partition coefficient (Wildman–Crippen LogP) is 6.34. The van der Waals surface area contributed by atoms with Crippen LogP contribution < -0.4 is 14.8 Å². The van der Waals surface area contributed by atoms with Crippen LogP contribution in [0.4, 0.5) is 15.9 Å². The highest BCUT2D eigenvalue weighted by Crippen LogP contribution is 2.40. The number of hydrogen-bond donors (Lipinski definition) is 2. The van der Waals surface area contributed by atoms with E-state index in [1.807, 2.05) is 24.4 Å². The summed E-state index contributed by atoms with van der Waals surface area (Å²) in [6.45, 7) is 9.93. The van der Waals surface area contributed by atoms with Gasteiger partial charge in [-0.3, -0.25) is 4.79 Å². The van der Waals surface area contributed by atoms with Gasteiger partial charge in [0, 0.05) is 59.1 Å². The lowest BCUT2D eigenvalue weighted by Gasteiger charge is -2.31. The molecular formula is C31H33FN4O4S. The number of carbonyl (C=O) groups excluding carboxylic acids is 1. The number of hydrogen-bond acceptors (Lipinski definition) is 8. The first-order chi connectivity index (χ1) is 19.6. The second kappa shape index (κ2) is 11.5. The molecule has 41 heavy (non-hydrogen) atoms. The van der Waals surface area contributed by atoms with Crippen LogP contribution in [0.3, 0.4) is 0 Å². The van der Waals surface area contributed by atoms with Crippen molar-refractivity contribution in [2.75, 3.05) is 25.5 Å². The van der Waals surface area contributed by atoms with Crippen LogP contribution in [0.1, 0.15) is 37.8 Å². The number of piperidine rings is 1. The molecule has 1 amide bonds. The van der Waals surface area contributed by atoms with Gasteiger partial charge in [-0.15, -0.1) is 11.3 Å². The van der Waals surface area contributed by atoms with Gasteiger partial charge in [-0.2, -0.15) is 0 Å². The van der Waals surface area contributed by atoms with Crippen molar-refractivity contribution in [2.45, 2.75) is 45.3 Å². The molecule has 214 valence electrons. The van der Waals surface area contributed by atoms with E-state index in [0.717, 1.165) is 10.4 Å². The van der Waals surface area contributed by atoms with Gasteiger partial charge in [0.2, 0.25) is 5.91 Å². The van der Waals surface area contributed by atoms with E-state index in [9.17, 15) is 9.90 Å². The highest BCUT2D eigenvalue weighted by Gasteiger charge is 2.26. The van der Waals surface area contributed by atoms with Crippen molar-refractivity contribution in [2.24, 2.45) is 0 Å². The number of amides is 1. The van der Waals surface area contributed by atoms with Crippen molar-refractivity contribution in [1.29, 1.82) is 0 Å². The molecule has 1 aliphatic heterocycles. The van der Waals surface area contributed by atoms with Crippen LogP contribution in [0.5, 0.6) is 11.5 Å². The van der Waals surface area contributed by atoms with Crippen LogP contribution in [0, 0.1) is 12.7 Å². The van der Waals surface area contributed by atoms with Crippen LogP contribution in [-0.4, -0.2) is 52.2 Å². The molecule has 2 aromatic heterocycles. The largest absolute Gasteiger partial charge is 0.493 e. The number of carbonyl (C=O) groups is 1. The van der Waals surface area contributed by atoms with Gasteiger partial charge >= 0.3 is 0 Å². The third kappa shape index (κ3) is 6.03. The first kappa shape index (κ1) is 28.5. The number of aliphatic hydroxyl groups is 1. The van der Waals surface area contributed by atoms with Crippen molar-refractivity contribution in [3.8, 4) is 21.9 Å². The number of rotatable bonds is 8. The van der Waals surface area contributed by atoms with Gasteiger partial charge in [0.05, 0.1) is 18.2 Å². The fourth-order valence-electron chi connectivity index (χ4n) is 4.99. The maximum Gasteiger partial charge on any atom is 0.245 e. The molecule has 0 radical (unpaired) electrons. The number of fused-ring (bicyclic) bond motifs is 1. The van der Waals surface area contributed by atoms with E-state index in [-0.39, 0.29) is 12.0 Å². The van der Waals surface area contributed by atoms with Crippen LogP contribution in [0.15, 0.2) is 54.7 Å². The standard InChI is InChI=1S/C31H33FN4O4S/c1-6-29(37)36-9-7-19(8-10-36)40-27-13-21-24(15-26(27)39-5)33-17-34-30(21)35-25-12-20(28-11-18(2)16-41-28)23(32)14-22(25)31(3,4)38/h6,11-17,19,38H,1,7-10H2,2-5H3,(H,33,34,35). The molecule has 1 fully saturated rings. The number of anilines is 2. The molecule has 0 spiro atoms. The van der Waals surface area contributed by atoms with E-state index in [1.165, 1.54) is 29.8 Å². The fourth-order valence-corrected chi connectivity index (χ4v) is 5.91. The highest BCUT2D eigenvalue weighted by molar-refractivity contribution is 7.13. The summed E-state index contributed by atoms with van der Waals surface area (Å²) in [6.07, 6.45) is 4.01. The maximum atomic E-state index is 15.3. The molecule has 2 aromatic carbocycles. The summed E-state index contributed by atoms with van der Waals surface area (Å²) in [5.74, 6) is 1.04. The fraction of sp³-hybridized carbons (Fsp3) is 0.323. The molecule has 0 bridgehead atoms. The zero-order valence-corrected chi connectivity index (χ0v) is 24.3. The zero-order chi connectivity index (χ0) is 29.3. The van der Waals surface area contributed by atoms with Crippen LogP contribution in [0.25, 0.3) is 21.3 Å². The van der Waals surface area contributed by atoms with Gasteiger partial charge in [0.15, 0.2) is 11.5 Å². The van der Waals surface area contributed by atoms with Crippen molar-refractivity contribution in [3.05, 3.63) is 71.6 Å². The van der Waals surface area contributed by atoms with Gasteiger partial charge in [-0.25, -0.2) is 14.4 Å². The summed E-state index contributed by atoms with van der Waals surface area (Å²) in [4.78, 5) is 23.4. The number of aryl methyl sites for hydroxylation is 1. The Morgan fingerprint density at radius 3 is 2.59 bits per heavy atom. The van der Waals surface area contributed by atoms with Gasteiger partial charge in [-0.1, -0.05) is 6.58 Å². The average Bonchev–Trinajstić information content (AvgIpc) is 3.39. The second-order valence-electron chi connectivity index (χ2n) is 10.6. The van der Waals surface area contributed by atoms with Crippen molar-refractivity contribution in [3.63, 3.8) is 0 Å². The lowest BCUT2D eigenvalue weighted by molar-refractivity contribution is -0.127. The Bertz CT molecular complexity index is 1610. The Hall–Kier alpha value is -4.02. The van der Waals surface area contributed by atoms with Crippen LogP contribution in [-0.2, 0) is 10.4 Å². The molecule has 5 rings (SSSR count). The summed E-state index contributed by atoms with van der Waals surface area (Å²) in [7, 11) is 1.57. The molecule has 0 saturated carbocycles. The number of ether oxygens (including phenoxy) is 2. The van der Waals surface area contributed by atoms with Gasteiger partial charge in [-0.05, 0) is 62.1 Å². The summed E-state index contributed by atoms with van der Waals surface area (Å²) in [5, 5.41) is 16.9. The Morgan fingerprint density at radius 2 is 1.95 bits per heavy atom. The third-order valence-corrected chi connectivity index (χ3v) is 8.24. The summed E-state index contributed by atoms with van der Waals surface area (Å²) in [6, 6.07) is 8.63. The van der Waals surface area contributed by atoms with E-state index < -0.39 is 11.4 Å². The summed E-state index contributed by atoms with van der Waals surface area (Å²) < 4.78 is 27.3. The average molecular weight is 577 g/mol. The Balaban J connectivity index is 1.51. The van der Waals surface area contributed by atoms with Gasteiger partial charge in [0.25, 0.3) is 0 Å².